The number of rotatable bonds is 8. The number of hydrogen-bond donors (Lipinski definition) is 1. The van der Waals surface area contributed by atoms with E-state index in [0.717, 1.165) is 16.9 Å². The maximum absolute atomic E-state index is 11.0. The van der Waals surface area contributed by atoms with E-state index >= 15 is 0 Å². The summed E-state index contributed by atoms with van der Waals surface area (Å²) in [6.45, 7) is 3.72. The van der Waals surface area contributed by atoms with Crippen LogP contribution in [0.2, 0.25) is 0 Å². The molecule has 0 atom stereocenters. The van der Waals surface area contributed by atoms with Crippen LogP contribution in [0.25, 0.3) is 0 Å². The lowest BCUT2D eigenvalue weighted by molar-refractivity contribution is -0.385. The predicted octanol–water partition coefficient (Wildman–Crippen LogP) is 3.08. The van der Waals surface area contributed by atoms with Gasteiger partial charge in [-0.15, -0.1) is 0 Å². The molecular formula is C17H20N2O4. The number of nitro benzene ring substituents is 1. The number of nitro groups is 1. The number of benzene rings is 2. The minimum absolute atomic E-state index is 0.0252. The van der Waals surface area contributed by atoms with Crippen molar-refractivity contribution >= 4 is 5.69 Å². The average Bonchev–Trinajstić information content (AvgIpc) is 2.54. The molecule has 0 saturated carbocycles. The summed E-state index contributed by atoms with van der Waals surface area (Å²) >= 11 is 0. The van der Waals surface area contributed by atoms with Gasteiger partial charge in [0.1, 0.15) is 12.4 Å². The minimum atomic E-state index is -0.441. The number of aryl methyl sites for hydroxylation is 1. The molecular weight excluding hydrogens is 296 g/mol. The normalized spacial score (nSPS) is 10.3. The van der Waals surface area contributed by atoms with Gasteiger partial charge in [0.05, 0.1) is 12.0 Å². The number of nitrogens with one attached hydrogen (secondary N) is 1. The molecule has 0 amide bonds. The molecule has 0 heterocycles. The van der Waals surface area contributed by atoms with Gasteiger partial charge in [-0.1, -0.05) is 18.2 Å². The molecule has 23 heavy (non-hydrogen) atoms. The number of nitrogens with zero attached hydrogens (tertiary/aromatic N) is 1. The van der Waals surface area contributed by atoms with Gasteiger partial charge in [-0.3, -0.25) is 10.1 Å². The molecule has 0 bridgehead atoms. The third-order valence-electron chi connectivity index (χ3n) is 3.31. The number of methoxy groups -OCH3 is 1. The van der Waals surface area contributed by atoms with E-state index in [-0.39, 0.29) is 11.4 Å². The van der Waals surface area contributed by atoms with Crippen LogP contribution in [0.4, 0.5) is 5.69 Å². The zero-order valence-corrected chi connectivity index (χ0v) is 13.2. The molecule has 0 saturated heterocycles. The SMILES string of the molecule is COc1ccc(CNCCOc2cccc(C)c2)cc1[N+](=O)[O-]. The second kappa shape index (κ2) is 8.14. The van der Waals surface area contributed by atoms with Crippen molar-refractivity contribution in [1.29, 1.82) is 0 Å². The second-order valence-electron chi connectivity index (χ2n) is 5.11. The van der Waals surface area contributed by atoms with E-state index < -0.39 is 4.92 Å². The molecule has 6 heteroatoms. The van der Waals surface area contributed by atoms with Gasteiger partial charge in [0.25, 0.3) is 0 Å². The van der Waals surface area contributed by atoms with Crippen molar-refractivity contribution < 1.29 is 14.4 Å². The van der Waals surface area contributed by atoms with Crippen LogP contribution in [0.1, 0.15) is 11.1 Å². The molecule has 2 aromatic rings. The van der Waals surface area contributed by atoms with Gasteiger partial charge >= 0.3 is 5.69 Å². The average molecular weight is 316 g/mol. The summed E-state index contributed by atoms with van der Waals surface area (Å²) in [5.74, 6) is 1.11. The first-order chi connectivity index (χ1) is 11.1. The van der Waals surface area contributed by atoms with E-state index in [2.05, 4.69) is 5.32 Å². The van der Waals surface area contributed by atoms with E-state index in [0.29, 0.717) is 19.7 Å². The van der Waals surface area contributed by atoms with Crippen molar-refractivity contribution in [2.24, 2.45) is 0 Å². The highest BCUT2D eigenvalue weighted by Crippen LogP contribution is 2.27. The summed E-state index contributed by atoms with van der Waals surface area (Å²) in [4.78, 5) is 10.5. The standard InChI is InChI=1S/C17H20N2O4/c1-13-4-3-5-15(10-13)23-9-8-18-12-14-6-7-17(22-2)16(11-14)19(20)21/h3-7,10-11,18H,8-9,12H2,1-2H3. The van der Waals surface area contributed by atoms with Crippen LogP contribution < -0.4 is 14.8 Å². The summed E-state index contributed by atoms with van der Waals surface area (Å²) in [5, 5.41) is 14.2. The molecule has 2 aromatic carbocycles. The van der Waals surface area contributed by atoms with Crippen LogP contribution in [-0.4, -0.2) is 25.2 Å². The Labute approximate surface area is 135 Å². The Morgan fingerprint density at radius 3 is 2.74 bits per heavy atom. The van der Waals surface area contributed by atoms with Gasteiger partial charge in [-0.05, 0) is 36.2 Å². The van der Waals surface area contributed by atoms with Gasteiger partial charge in [0.2, 0.25) is 0 Å². The Kier molecular flexibility index (Phi) is 5.94. The topological polar surface area (TPSA) is 73.6 Å². The van der Waals surface area contributed by atoms with Crippen molar-refractivity contribution in [3.8, 4) is 11.5 Å². The number of hydrogen-bond acceptors (Lipinski definition) is 5. The first kappa shape index (κ1) is 16.8. The number of ether oxygens (including phenoxy) is 2. The minimum Gasteiger partial charge on any atom is -0.492 e. The van der Waals surface area contributed by atoms with Gasteiger partial charge in [-0.2, -0.15) is 0 Å². The van der Waals surface area contributed by atoms with E-state index in [1.165, 1.54) is 13.2 Å². The quantitative estimate of drug-likeness (QED) is 0.460. The summed E-state index contributed by atoms with van der Waals surface area (Å²) in [6.07, 6.45) is 0. The van der Waals surface area contributed by atoms with Crippen molar-refractivity contribution in [2.45, 2.75) is 13.5 Å². The first-order valence-electron chi connectivity index (χ1n) is 7.31. The lowest BCUT2D eigenvalue weighted by Gasteiger charge is -2.09. The third kappa shape index (κ3) is 4.96. The van der Waals surface area contributed by atoms with Crippen molar-refractivity contribution in [1.82, 2.24) is 5.32 Å². The van der Waals surface area contributed by atoms with Crippen LogP contribution in [0.3, 0.4) is 0 Å². The van der Waals surface area contributed by atoms with E-state index in [9.17, 15) is 10.1 Å². The molecule has 6 nitrogen and oxygen atoms in total. The molecule has 0 fully saturated rings. The van der Waals surface area contributed by atoms with Gasteiger partial charge < -0.3 is 14.8 Å². The van der Waals surface area contributed by atoms with Crippen LogP contribution in [0.15, 0.2) is 42.5 Å². The van der Waals surface area contributed by atoms with Crippen molar-refractivity contribution in [2.75, 3.05) is 20.3 Å². The first-order valence-corrected chi connectivity index (χ1v) is 7.31. The maximum Gasteiger partial charge on any atom is 0.311 e. The van der Waals surface area contributed by atoms with Crippen molar-refractivity contribution in [3.63, 3.8) is 0 Å². The monoisotopic (exact) mass is 316 g/mol. The van der Waals surface area contributed by atoms with E-state index in [4.69, 9.17) is 9.47 Å². The Hall–Kier alpha value is -2.60. The largest absolute Gasteiger partial charge is 0.492 e. The summed E-state index contributed by atoms with van der Waals surface area (Å²) in [5.41, 5.74) is 1.96. The molecule has 0 aliphatic rings. The van der Waals surface area contributed by atoms with Crippen LogP contribution in [0.5, 0.6) is 11.5 Å². The smallest absolute Gasteiger partial charge is 0.311 e. The molecule has 1 N–H and O–H groups in total. The molecule has 0 radical (unpaired) electrons. The van der Waals surface area contributed by atoms with Crippen molar-refractivity contribution in [3.05, 3.63) is 63.7 Å². The van der Waals surface area contributed by atoms with Crippen LogP contribution >= 0.6 is 0 Å². The molecule has 0 aliphatic heterocycles. The summed E-state index contributed by atoms with van der Waals surface area (Å²) in [6, 6.07) is 12.8. The van der Waals surface area contributed by atoms with Crippen LogP contribution in [-0.2, 0) is 6.54 Å². The zero-order valence-electron chi connectivity index (χ0n) is 13.2. The second-order valence-corrected chi connectivity index (χ2v) is 5.11. The molecule has 0 unspecified atom stereocenters. The Morgan fingerprint density at radius 2 is 2.04 bits per heavy atom. The Morgan fingerprint density at radius 1 is 1.22 bits per heavy atom. The van der Waals surface area contributed by atoms with Gasteiger partial charge in [0, 0.05) is 19.2 Å². The maximum atomic E-state index is 11.0. The zero-order chi connectivity index (χ0) is 16.7. The van der Waals surface area contributed by atoms with Crippen LogP contribution in [0, 0.1) is 17.0 Å². The molecule has 0 aliphatic carbocycles. The molecule has 2 rings (SSSR count). The third-order valence-corrected chi connectivity index (χ3v) is 3.31. The highest BCUT2D eigenvalue weighted by Gasteiger charge is 2.14. The molecule has 0 aromatic heterocycles. The molecule has 122 valence electrons. The predicted molar refractivity (Wildman–Crippen MR) is 88.0 cm³/mol. The fraction of sp³-hybridized carbons (Fsp3) is 0.294. The van der Waals surface area contributed by atoms with E-state index in [1.54, 1.807) is 12.1 Å². The highest BCUT2D eigenvalue weighted by molar-refractivity contribution is 5.48. The van der Waals surface area contributed by atoms with E-state index in [1.807, 2.05) is 31.2 Å². The fourth-order valence-electron chi connectivity index (χ4n) is 2.17. The summed E-state index contributed by atoms with van der Waals surface area (Å²) in [7, 11) is 1.42. The lowest BCUT2D eigenvalue weighted by Crippen LogP contribution is -2.20. The molecule has 0 spiro atoms. The Balaban J connectivity index is 1.80. The summed E-state index contributed by atoms with van der Waals surface area (Å²) < 4.78 is 10.6. The lowest BCUT2D eigenvalue weighted by atomic mass is 10.2. The highest BCUT2D eigenvalue weighted by atomic mass is 16.6. The fourth-order valence-corrected chi connectivity index (χ4v) is 2.17. The van der Waals surface area contributed by atoms with Gasteiger partial charge in [0.15, 0.2) is 5.75 Å². The Bertz CT molecular complexity index is 673. The van der Waals surface area contributed by atoms with Gasteiger partial charge in [-0.25, -0.2) is 0 Å².